The van der Waals surface area contributed by atoms with Gasteiger partial charge in [0.2, 0.25) is 0 Å². The van der Waals surface area contributed by atoms with Gasteiger partial charge in [0.1, 0.15) is 11.5 Å². The third-order valence-corrected chi connectivity index (χ3v) is 3.16. The van der Waals surface area contributed by atoms with Crippen LogP contribution in [0.25, 0.3) is 0 Å². The third kappa shape index (κ3) is 4.34. The normalized spacial score (nSPS) is 10.4. The van der Waals surface area contributed by atoms with E-state index in [-0.39, 0.29) is 11.5 Å². The van der Waals surface area contributed by atoms with E-state index in [1.807, 2.05) is 0 Å². The topological polar surface area (TPSA) is 54.9 Å². The molecule has 0 radical (unpaired) electrons. The highest BCUT2D eigenvalue weighted by atomic mass is 19.1. The number of nitrogens with zero attached hydrogens (tertiary/aromatic N) is 2. The monoisotopic (exact) mass is 287 g/mol. The van der Waals surface area contributed by atoms with E-state index >= 15 is 0 Å². The molecule has 0 saturated carbocycles. The Hall–Kier alpha value is -2.30. The van der Waals surface area contributed by atoms with Crippen molar-refractivity contribution in [1.82, 2.24) is 9.97 Å². The van der Waals surface area contributed by atoms with Crippen LogP contribution in [0.5, 0.6) is 0 Å². The summed E-state index contributed by atoms with van der Waals surface area (Å²) in [7, 11) is 0. The van der Waals surface area contributed by atoms with Gasteiger partial charge in [-0.15, -0.1) is 0 Å². The number of nitrogens with one attached hydrogen (secondary N) is 1. The van der Waals surface area contributed by atoms with Gasteiger partial charge in [0.25, 0.3) is 5.91 Å². The van der Waals surface area contributed by atoms with Crippen LogP contribution in [0.2, 0.25) is 0 Å². The Balaban J connectivity index is 2.01. The highest BCUT2D eigenvalue weighted by molar-refractivity contribution is 6.02. The van der Waals surface area contributed by atoms with Crippen LogP contribution in [-0.4, -0.2) is 15.9 Å². The number of aromatic nitrogens is 2. The predicted molar refractivity (Wildman–Crippen MR) is 79.6 cm³/mol. The lowest BCUT2D eigenvalue weighted by molar-refractivity contribution is 0.102. The van der Waals surface area contributed by atoms with Gasteiger partial charge in [-0.05, 0) is 30.5 Å². The highest BCUT2D eigenvalue weighted by Crippen LogP contribution is 2.17. The van der Waals surface area contributed by atoms with E-state index in [9.17, 15) is 9.18 Å². The molecule has 0 bridgehead atoms. The molecule has 0 atom stereocenters. The fourth-order valence-corrected chi connectivity index (χ4v) is 2.00. The summed E-state index contributed by atoms with van der Waals surface area (Å²) >= 11 is 0. The molecule has 0 unspecified atom stereocenters. The van der Waals surface area contributed by atoms with Crippen LogP contribution in [-0.2, 0) is 6.42 Å². The number of carbonyl (C=O) groups is 1. The van der Waals surface area contributed by atoms with Crippen LogP contribution in [0.3, 0.4) is 0 Å². The first-order valence-electron chi connectivity index (χ1n) is 7.06. The molecular weight excluding hydrogens is 269 g/mol. The third-order valence-electron chi connectivity index (χ3n) is 3.16. The highest BCUT2D eigenvalue weighted by Gasteiger charge is 2.09. The van der Waals surface area contributed by atoms with Crippen LogP contribution in [0.15, 0.2) is 36.8 Å². The number of halogens is 1. The number of benzene rings is 1. The molecule has 0 spiro atoms. The molecule has 0 saturated heterocycles. The molecule has 0 aliphatic rings. The van der Waals surface area contributed by atoms with E-state index in [4.69, 9.17) is 0 Å². The number of carbonyl (C=O) groups excluding carboxylic acids is 1. The second kappa shape index (κ2) is 7.47. The van der Waals surface area contributed by atoms with Crippen LogP contribution >= 0.6 is 0 Å². The lowest BCUT2D eigenvalue weighted by atomic mass is 10.1. The lowest BCUT2D eigenvalue weighted by Gasteiger charge is -2.07. The van der Waals surface area contributed by atoms with Gasteiger partial charge in [0, 0.05) is 18.1 Å². The molecule has 0 aliphatic heterocycles. The van der Waals surface area contributed by atoms with Crippen molar-refractivity contribution in [2.75, 3.05) is 5.32 Å². The van der Waals surface area contributed by atoms with Crippen molar-refractivity contribution in [2.45, 2.75) is 32.6 Å². The second-order valence-corrected chi connectivity index (χ2v) is 4.81. The van der Waals surface area contributed by atoms with Gasteiger partial charge in [-0.2, -0.15) is 0 Å². The number of rotatable bonds is 6. The molecule has 110 valence electrons. The first-order chi connectivity index (χ1) is 10.2. The minimum atomic E-state index is -0.402. The van der Waals surface area contributed by atoms with Crippen LogP contribution in [0.4, 0.5) is 10.1 Å². The van der Waals surface area contributed by atoms with Crippen molar-refractivity contribution < 1.29 is 9.18 Å². The number of hydrogen-bond donors (Lipinski definition) is 1. The molecule has 5 heteroatoms. The molecule has 2 rings (SSSR count). The number of aryl methyl sites for hydroxylation is 1. The van der Waals surface area contributed by atoms with Crippen molar-refractivity contribution in [2.24, 2.45) is 0 Å². The summed E-state index contributed by atoms with van der Waals surface area (Å²) in [6, 6.07) is 4.77. The van der Waals surface area contributed by atoms with Crippen molar-refractivity contribution in [3.8, 4) is 0 Å². The molecule has 1 N–H and O–H groups in total. The van der Waals surface area contributed by atoms with E-state index in [0.29, 0.717) is 11.3 Å². The van der Waals surface area contributed by atoms with Gasteiger partial charge in [0.15, 0.2) is 0 Å². The standard InChI is InChI=1S/C16H18FN3O/c1-2-3-4-5-12-6-7-13(10-14(12)17)20-16(21)15-11-18-8-9-19-15/h6-11H,2-5H2,1H3,(H,20,21). The maximum absolute atomic E-state index is 14.0. The summed E-state index contributed by atoms with van der Waals surface area (Å²) in [5.74, 6) is -0.690. The molecular formula is C16H18FN3O. The molecule has 2 aromatic rings. The Bertz CT molecular complexity index is 602. The number of unbranched alkanes of at least 4 members (excludes halogenated alkanes) is 2. The van der Waals surface area contributed by atoms with Gasteiger partial charge in [0.05, 0.1) is 6.20 Å². The Morgan fingerprint density at radius 1 is 1.29 bits per heavy atom. The molecule has 21 heavy (non-hydrogen) atoms. The minimum absolute atomic E-state index is 0.199. The number of anilines is 1. The van der Waals surface area contributed by atoms with Crippen LogP contribution in [0.1, 0.15) is 42.2 Å². The molecule has 0 fully saturated rings. The van der Waals surface area contributed by atoms with Gasteiger partial charge in [-0.1, -0.05) is 25.8 Å². The van der Waals surface area contributed by atoms with Crippen LogP contribution in [0, 0.1) is 5.82 Å². The zero-order chi connectivity index (χ0) is 15.1. The van der Waals surface area contributed by atoms with Crippen molar-refractivity contribution in [1.29, 1.82) is 0 Å². The zero-order valence-corrected chi connectivity index (χ0v) is 12.0. The molecule has 0 aliphatic carbocycles. The van der Waals surface area contributed by atoms with Crippen molar-refractivity contribution in [3.05, 3.63) is 53.9 Å². The van der Waals surface area contributed by atoms with E-state index < -0.39 is 5.91 Å². The smallest absolute Gasteiger partial charge is 0.275 e. The molecule has 1 aromatic carbocycles. The Morgan fingerprint density at radius 3 is 2.81 bits per heavy atom. The van der Waals surface area contributed by atoms with E-state index in [2.05, 4.69) is 22.2 Å². The first kappa shape index (κ1) is 15.1. The minimum Gasteiger partial charge on any atom is -0.321 e. The second-order valence-electron chi connectivity index (χ2n) is 4.81. The SMILES string of the molecule is CCCCCc1ccc(NC(=O)c2cnccn2)cc1F. The fourth-order valence-electron chi connectivity index (χ4n) is 2.00. The molecule has 1 heterocycles. The summed E-state index contributed by atoms with van der Waals surface area (Å²) in [5, 5.41) is 2.61. The quantitative estimate of drug-likeness (QED) is 0.826. The summed E-state index contributed by atoms with van der Waals surface area (Å²) in [6.07, 6.45) is 8.17. The van der Waals surface area contributed by atoms with Gasteiger partial charge >= 0.3 is 0 Å². The zero-order valence-electron chi connectivity index (χ0n) is 12.0. The predicted octanol–water partition coefficient (Wildman–Crippen LogP) is 3.60. The Morgan fingerprint density at radius 2 is 2.14 bits per heavy atom. The first-order valence-corrected chi connectivity index (χ1v) is 7.06. The fraction of sp³-hybridized carbons (Fsp3) is 0.312. The molecule has 1 amide bonds. The molecule has 4 nitrogen and oxygen atoms in total. The number of amides is 1. The summed E-state index contributed by atoms with van der Waals surface area (Å²) in [5.41, 5.74) is 1.30. The van der Waals surface area contributed by atoms with Crippen molar-refractivity contribution in [3.63, 3.8) is 0 Å². The van der Waals surface area contributed by atoms with E-state index in [1.165, 1.54) is 24.7 Å². The van der Waals surface area contributed by atoms with E-state index in [0.717, 1.165) is 25.7 Å². The molecule has 1 aromatic heterocycles. The summed E-state index contributed by atoms with van der Waals surface area (Å²) < 4.78 is 14.0. The lowest BCUT2D eigenvalue weighted by Crippen LogP contribution is -2.14. The summed E-state index contributed by atoms with van der Waals surface area (Å²) in [6.45, 7) is 2.11. The number of hydrogen-bond acceptors (Lipinski definition) is 3. The maximum atomic E-state index is 14.0. The van der Waals surface area contributed by atoms with Crippen LogP contribution < -0.4 is 5.32 Å². The largest absolute Gasteiger partial charge is 0.321 e. The van der Waals surface area contributed by atoms with Gasteiger partial charge in [-0.3, -0.25) is 9.78 Å². The maximum Gasteiger partial charge on any atom is 0.275 e. The van der Waals surface area contributed by atoms with Crippen molar-refractivity contribution >= 4 is 11.6 Å². The van der Waals surface area contributed by atoms with Gasteiger partial charge < -0.3 is 5.32 Å². The average molecular weight is 287 g/mol. The Kier molecular flexibility index (Phi) is 5.37. The summed E-state index contributed by atoms with van der Waals surface area (Å²) in [4.78, 5) is 19.6. The Labute approximate surface area is 123 Å². The van der Waals surface area contributed by atoms with E-state index in [1.54, 1.807) is 12.1 Å². The van der Waals surface area contributed by atoms with Gasteiger partial charge in [-0.25, -0.2) is 9.37 Å². The average Bonchev–Trinajstić information content (AvgIpc) is 2.50.